The lowest BCUT2D eigenvalue weighted by molar-refractivity contribution is 0.0526. The molecule has 0 aromatic heterocycles. The summed E-state index contributed by atoms with van der Waals surface area (Å²) in [7, 11) is 0. The molecule has 0 atom stereocenters. The summed E-state index contributed by atoms with van der Waals surface area (Å²) in [5.41, 5.74) is 1.14. The van der Waals surface area contributed by atoms with Crippen molar-refractivity contribution in [3.63, 3.8) is 0 Å². The van der Waals surface area contributed by atoms with Gasteiger partial charge in [0.05, 0.1) is 22.8 Å². The molecule has 0 amide bonds. The van der Waals surface area contributed by atoms with Crippen LogP contribution in [0.5, 0.6) is 0 Å². The monoisotopic (exact) mass is 301 g/mol. The Kier molecular flexibility index (Phi) is 4.78. The molecule has 0 saturated heterocycles. The van der Waals surface area contributed by atoms with E-state index in [1.54, 1.807) is 19.1 Å². The molecule has 1 aromatic carbocycles. The fraction of sp³-hybridized carbons (Fsp3) is 0.273. The molecule has 0 unspecified atom stereocenters. The van der Waals surface area contributed by atoms with Crippen molar-refractivity contribution in [1.29, 1.82) is 5.26 Å². The Morgan fingerprint density at radius 1 is 1.62 bits per heavy atom. The number of esters is 1. The van der Waals surface area contributed by atoms with Crippen molar-refractivity contribution in [2.45, 2.75) is 12.3 Å². The van der Waals surface area contributed by atoms with E-state index in [0.29, 0.717) is 10.4 Å². The highest BCUT2D eigenvalue weighted by Gasteiger charge is 2.17. The van der Waals surface area contributed by atoms with E-state index in [2.05, 4.69) is 15.9 Å². The highest BCUT2D eigenvalue weighted by Crippen LogP contribution is 2.26. The molecule has 0 radical (unpaired) electrons. The van der Waals surface area contributed by atoms with Crippen LogP contribution in [-0.2, 0) is 10.1 Å². The van der Waals surface area contributed by atoms with Crippen LogP contribution in [0.2, 0.25) is 5.02 Å². The van der Waals surface area contributed by atoms with E-state index in [1.807, 2.05) is 6.07 Å². The molecule has 1 aromatic rings. The van der Waals surface area contributed by atoms with Gasteiger partial charge in [0.25, 0.3) is 0 Å². The second-order valence-corrected chi connectivity index (χ2v) is 3.87. The number of nitrogens with zero attached hydrogens (tertiary/aromatic N) is 1. The summed E-state index contributed by atoms with van der Waals surface area (Å²) < 4.78 is 4.84. The first-order valence-electron chi connectivity index (χ1n) is 4.60. The zero-order chi connectivity index (χ0) is 12.1. The largest absolute Gasteiger partial charge is 0.462 e. The van der Waals surface area contributed by atoms with E-state index in [-0.39, 0.29) is 17.7 Å². The maximum Gasteiger partial charge on any atom is 0.339 e. The van der Waals surface area contributed by atoms with Gasteiger partial charge in [0.2, 0.25) is 0 Å². The predicted molar refractivity (Wildman–Crippen MR) is 64.8 cm³/mol. The molecule has 5 heteroatoms. The van der Waals surface area contributed by atoms with Crippen molar-refractivity contribution in [2.75, 3.05) is 6.61 Å². The first kappa shape index (κ1) is 13.0. The van der Waals surface area contributed by atoms with Crippen LogP contribution in [0.25, 0.3) is 0 Å². The molecule has 3 nitrogen and oxygen atoms in total. The summed E-state index contributed by atoms with van der Waals surface area (Å²) in [5, 5.41) is 9.81. The maximum absolute atomic E-state index is 11.5. The van der Waals surface area contributed by atoms with Gasteiger partial charge in [-0.2, -0.15) is 5.26 Å². The van der Waals surface area contributed by atoms with Gasteiger partial charge in [0.15, 0.2) is 0 Å². The quantitative estimate of drug-likeness (QED) is 0.636. The summed E-state index contributed by atoms with van der Waals surface area (Å²) in [4.78, 5) is 11.5. The van der Waals surface area contributed by atoms with E-state index in [1.165, 1.54) is 0 Å². The number of alkyl halides is 1. The van der Waals surface area contributed by atoms with Crippen LogP contribution in [0, 0.1) is 11.3 Å². The van der Waals surface area contributed by atoms with Crippen molar-refractivity contribution in [2.24, 2.45) is 0 Å². The van der Waals surface area contributed by atoms with E-state index >= 15 is 0 Å². The van der Waals surface area contributed by atoms with Crippen molar-refractivity contribution in [3.05, 3.63) is 33.8 Å². The second-order valence-electron chi connectivity index (χ2n) is 2.93. The molecule has 0 spiro atoms. The molecular formula is C11H9BrClNO2. The average Bonchev–Trinajstić information content (AvgIpc) is 2.28. The molecular weight excluding hydrogens is 293 g/mol. The van der Waals surface area contributed by atoms with Crippen LogP contribution in [0.4, 0.5) is 0 Å². The fourth-order valence-electron chi connectivity index (χ4n) is 1.21. The molecule has 0 heterocycles. The number of ether oxygens (including phenoxy) is 1. The normalized spacial score (nSPS) is 9.62. The molecule has 1 rings (SSSR count). The summed E-state index contributed by atoms with van der Waals surface area (Å²) in [5.74, 6) is -0.526. The van der Waals surface area contributed by atoms with Crippen molar-refractivity contribution in [1.82, 2.24) is 0 Å². The molecule has 16 heavy (non-hydrogen) atoms. The van der Waals surface area contributed by atoms with Crippen molar-refractivity contribution >= 4 is 33.5 Å². The lowest BCUT2D eigenvalue weighted by Gasteiger charge is -2.07. The van der Waals surface area contributed by atoms with Gasteiger partial charge in [-0.05, 0) is 18.6 Å². The lowest BCUT2D eigenvalue weighted by Crippen LogP contribution is -2.08. The minimum atomic E-state index is -0.526. The third-order valence-corrected chi connectivity index (χ3v) is 3.01. The van der Waals surface area contributed by atoms with E-state index < -0.39 is 5.97 Å². The molecule has 0 saturated carbocycles. The van der Waals surface area contributed by atoms with Crippen LogP contribution in [0.3, 0.4) is 0 Å². The minimum Gasteiger partial charge on any atom is -0.462 e. The number of halogens is 2. The molecule has 0 fully saturated rings. The number of benzene rings is 1. The van der Waals surface area contributed by atoms with Crippen molar-refractivity contribution in [3.8, 4) is 6.07 Å². The number of hydrogen-bond donors (Lipinski definition) is 0. The van der Waals surface area contributed by atoms with Crippen LogP contribution >= 0.6 is 27.5 Å². The standard InChI is InChI=1S/C11H9BrClNO2/c1-2-16-11(15)8-4-3-7(5-12)10(13)9(8)6-14/h3-4H,2,5H2,1H3. The first-order chi connectivity index (χ1) is 7.65. The Labute approximate surface area is 107 Å². The number of nitriles is 1. The zero-order valence-corrected chi connectivity index (χ0v) is 10.9. The minimum absolute atomic E-state index is 0.164. The Hall–Kier alpha value is -1.05. The lowest BCUT2D eigenvalue weighted by atomic mass is 10.1. The highest BCUT2D eigenvalue weighted by molar-refractivity contribution is 9.08. The molecule has 84 valence electrons. The van der Waals surface area contributed by atoms with Crippen LogP contribution in [0.1, 0.15) is 28.4 Å². The molecule has 0 aliphatic rings. The van der Waals surface area contributed by atoms with Gasteiger partial charge in [0, 0.05) is 5.33 Å². The molecule has 0 N–H and O–H groups in total. The second kappa shape index (κ2) is 5.88. The molecule has 0 bridgehead atoms. The Bertz CT molecular complexity index is 454. The van der Waals surface area contributed by atoms with Crippen LogP contribution in [-0.4, -0.2) is 12.6 Å². The number of hydrogen-bond acceptors (Lipinski definition) is 3. The number of carbonyl (C=O) groups is 1. The van der Waals surface area contributed by atoms with Gasteiger partial charge in [-0.15, -0.1) is 0 Å². The third kappa shape index (κ3) is 2.55. The van der Waals surface area contributed by atoms with E-state index in [9.17, 15) is 4.79 Å². The number of rotatable bonds is 3. The average molecular weight is 303 g/mol. The Balaban J connectivity index is 3.27. The number of carbonyl (C=O) groups excluding carboxylic acids is 1. The highest BCUT2D eigenvalue weighted by atomic mass is 79.9. The summed E-state index contributed by atoms with van der Waals surface area (Å²) in [6.45, 7) is 1.97. The van der Waals surface area contributed by atoms with Crippen LogP contribution in [0.15, 0.2) is 12.1 Å². The van der Waals surface area contributed by atoms with E-state index in [0.717, 1.165) is 5.56 Å². The van der Waals surface area contributed by atoms with Crippen molar-refractivity contribution < 1.29 is 9.53 Å². The topological polar surface area (TPSA) is 50.1 Å². The summed E-state index contributed by atoms with van der Waals surface area (Å²) in [6.07, 6.45) is 0. The Morgan fingerprint density at radius 3 is 2.81 bits per heavy atom. The van der Waals surface area contributed by atoms with E-state index in [4.69, 9.17) is 21.6 Å². The molecule has 0 aliphatic carbocycles. The smallest absolute Gasteiger partial charge is 0.339 e. The third-order valence-electron chi connectivity index (χ3n) is 1.97. The SMILES string of the molecule is CCOC(=O)c1ccc(CBr)c(Cl)c1C#N. The summed E-state index contributed by atoms with van der Waals surface area (Å²) in [6, 6.07) is 5.18. The predicted octanol–water partition coefficient (Wildman–Crippen LogP) is 3.28. The van der Waals surface area contributed by atoms with Gasteiger partial charge in [0.1, 0.15) is 6.07 Å². The van der Waals surface area contributed by atoms with Gasteiger partial charge >= 0.3 is 5.97 Å². The zero-order valence-electron chi connectivity index (χ0n) is 8.59. The summed E-state index contributed by atoms with van der Waals surface area (Å²) >= 11 is 9.25. The first-order valence-corrected chi connectivity index (χ1v) is 6.10. The van der Waals surface area contributed by atoms with Gasteiger partial charge < -0.3 is 4.74 Å². The van der Waals surface area contributed by atoms with Gasteiger partial charge in [-0.1, -0.05) is 33.6 Å². The van der Waals surface area contributed by atoms with Crippen LogP contribution < -0.4 is 0 Å². The van der Waals surface area contributed by atoms with Gasteiger partial charge in [-0.25, -0.2) is 4.79 Å². The Morgan fingerprint density at radius 2 is 2.31 bits per heavy atom. The van der Waals surface area contributed by atoms with Gasteiger partial charge in [-0.3, -0.25) is 0 Å². The molecule has 0 aliphatic heterocycles. The fourth-order valence-corrected chi connectivity index (χ4v) is 2.11. The maximum atomic E-state index is 11.5.